The molecular formula is C16H24N2O2. The lowest BCUT2D eigenvalue weighted by Crippen LogP contribution is -2.28. The third kappa shape index (κ3) is 3.73. The van der Waals surface area contributed by atoms with Crippen LogP contribution in [0, 0.1) is 0 Å². The number of rotatable bonds is 6. The van der Waals surface area contributed by atoms with Crippen molar-refractivity contribution in [2.45, 2.75) is 45.6 Å². The number of benzene rings is 1. The number of hydrogen-bond acceptors (Lipinski definition) is 3. The van der Waals surface area contributed by atoms with Gasteiger partial charge in [0.05, 0.1) is 6.10 Å². The van der Waals surface area contributed by atoms with E-state index in [1.54, 1.807) is 0 Å². The van der Waals surface area contributed by atoms with E-state index < -0.39 is 0 Å². The Morgan fingerprint density at radius 2 is 1.80 bits per heavy atom. The van der Waals surface area contributed by atoms with E-state index in [4.69, 9.17) is 4.84 Å². The van der Waals surface area contributed by atoms with Crippen LogP contribution < -0.4 is 10.4 Å². The van der Waals surface area contributed by atoms with E-state index in [0.29, 0.717) is 5.56 Å². The molecule has 4 heteroatoms. The van der Waals surface area contributed by atoms with Crippen LogP contribution in [-0.2, 0) is 4.84 Å². The van der Waals surface area contributed by atoms with Gasteiger partial charge >= 0.3 is 0 Å². The number of nitrogens with zero attached hydrogens (tertiary/aromatic N) is 1. The molecule has 1 saturated carbocycles. The van der Waals surface area contributed by atoms with E-state index in [1.807, 2.05) is 24.3 Å². The molecule has 1 aliphatic rings. The van der Waals surface area contributed by atoms with E-state index in [-0.39, 0.29) is 12.0 Å². The fourth-order valence-corrected chi connectivity index (χ4v) is 2.61. The Morgan fingerprint density at radius 3 is 2.35 bits per heavy atom. The molecule has 4 nitrogen and oxygen atoms in total. The second kappa shape index (κ2) is 7.29. The number of carbonyl (C=O) groups excluding carboxylic acids is 1. The van der Waals surface area contributed by atoms with Crippen LogP contribution in [0.5, 0.6) is 0 Å². The van der Waals surface area contributed by atoms with Gasteiger partial charge in [-0.2, -0.15) is 0 Å². The summed E-state index contributed by atoms with van der Waals surface area (Å²) in [6.45, 7) is 6.18. The maximum Gasteiger partial charge on any atom is 0.274 e. The number of nitrogens with one attached hydrogen (secondary N) is 1. The molecule has 0 atom stereocenters. The minimum Gasteiger partial charge on any atom is -0.372 e. The van der Waals surface area contributed by atoms with Crippen molar-refractivity contribution in [3.8, 4) is 0 Å². The normalized spacial score (nSPS) is 15.3. The molecule has 0 unspecified atom stereocenters. The summed E-state index contributed by atoms with van der Waals surface area (Å²) in [6.07, 6.45) is 4.66. The van der Waals surface area contributed by atoms with Crippen LogP contribution in [0.2, 0.25) is 0 Å². The maximum atomic E-state index is 12.0. The number of hydroxylamine groups is 1. The molecule has 0 radical (unpaired) electrons. The lowest BCUT2D eigenvalue weighted by molar-refractivity contribution is -0.0124. The minimum absolute atomic E-state index is 0.164. The van der Waals surface area contributed by atoms with Gasteiger partial charge in [-0.15, -0.1) is 0 Å². The van der Waals surface area contributed by atoms with Crippen LogP contribution in [0.1, 0.15) is 49.9 Å². The van der Waals surface area contributed by atoms with Crippen molar-refractivity contribution >= 4 is 11.6 Å². The molecular weight excluding hydrogens is 252 g/mol. The highest BCUT2D eigenvalue weighted by molar-refractivity contribution is 5.93. The Labute approximate surface area is 121 Å². The minimum atomic E-state index is -0.164. The van der Waals surface area contributed by atoms with Crippen LogP contribution >= 0.6 is 0 Å². The molecule has 1 aliphatic carbocycles. The molecule has 0 bridgehead atoms. The first-order valence-corrected chi connectivity index (χ1v) is 7.55. The standard InChI is InChI=1S/C16H24N2O2/c1-3-18(4-2)14-11-9-13(10-12-14)16(19)17-20-15-7-5-6-8-15/h9-12,15H,3-8H2,1-2H3,(H,17,19). The molecule has 2 rings (SSSR count). The average Bonchev–Trinajstić information content (AvgIpc) is 3.00. The smallest absolute Gasteiger partial charge is 0.274 e. The number of carbonyl (C=O) groups is 1. The van der Waals surface area contributed by atoms with Crippen LogP contribution in [0.15, 0.2) is 24.3 Å². The highest BCUT2D eigenvalue weighted by Gasteiger charge is 2.17. The highest BCUT2D eigenvalue weighted by Crippen LogP contribution is 2.20. The molecule has 1 aromatic rings. The first-order chi connectivity index (χ1) is 9.74. The Morgan fingerprint density at radius 1 is 1.20 bits per heavy atom. The molecule has 0 heterocycles. The molecule has 1 aromatic carbocycles. The molecule has 1 N–H and O–H groups in total. The van der Waals surface area contributed by atoms with Gasteiger partial charge in [-0.25, -0.2) is 5.48 Å². The van der Waals surface area contributed by atoms with Gasteiger partial charge in [-0.1, -0.05) is 12.8 Å². The number of hydrogen-bond donors (Lipinski definition) is 1. The molecule has 20 heavy (non-hydrogen) atoms. The van der Waals surface area contributed by atoms with Gasteiger partial charge < -0.3 is 4.90 Å². The van der Waals surface area contributed by atoms with Crippen molar-refractivity contribution in [1.82, 2.24) is 5.48 Å². The fraction of sp³-hybridized carbons (Fsp3) is 0.562. The van der Waals surface area contributed by atoms with Crippen molar-refractivity contribution in [2.24, 2.45) is 0 Å². The third-order valence-corrected chi connectivity index (χ3v) is 3.88. The van der Waals surface area contributed by atoms with Gasteiger partial charge in [0.1, 0.15) is 0 Å². The van der Waals surface area contributed by atoms with E-state index in [1.165, 1.54) is 12.8 Å². The van der Waals surface area contributed by atoms with Crippen molar-refractivity contribution in [2.75, 3.05) is 18.0 Å². The molecule has 1 fully saturated rings. The first-order valence-electron chi connectivity index (χ1n) is 7.55. The summed E-state index contributed by atoms with van der Waals surface area (Å²) >= 11 is 0. The summed E-state index contributed by atoms with van der Waals surface area (Å²) in [6, 6.07) is 7.66. The Balaban J connectivity index is 1.89. The van der Waals surface area contributed by atoms with Crippen molar-refractivity contribution in [1.29, 1.82) is 0 Å². The molecule has 1 amide bonds. The third-order valence-electron chi connectivity index (χ3n) is 3.88. The zero-order valence-electron chi connectivity index (χ0n) is 12.4. The van der Waals surface area contributed by atoms with Gasteiger partial charge in [0.25, 0.3) is 5.91 Å². The van der Waals surface area contributed by atoms with Crippen molar-refractivity contribution in [3.05, 3.63) is 29.8 Å². The number of amides is 1. The van der Waals surface area contributed by atoms with Crippen molar-refractivity contribution in [3.63, 3.8) is 0 Å². The number of anilines is 1. The van der Waals surface area contributed by atoms with Crippen LogP contribution in [-0.4, -0.2) is 25.1 Å². The van der Waals surface area contributed by atoms with Gasteiger partial charge in [0.15, 0.2) is 0 Å². The zero-order chi connectivity index (χ0) is 14.4. The van der Waals surface area contributed by atoms with Gasteiger partial charge in [-0.3, -0.25) is 9.63 Å². The van der Waals surface area contributed by atoms with E-state index in [2.05, 4.69) is 24.2 Å². The summed E-state index contributed by atoms with van der Waals surface area (Å²) in [5.41, 5.74) is 4.34. The van der Waals surface area contributed by atoms with Crippen LogP contribution in [0.4, 0.5) is 5.69 Å². The molecule has 0 spiro atoms. The lowest BCUT2D eigenvalue weighted by Gasteiger charge is -2.21. The van der Waals surface area contributed by atoms with Crippen LogP contribution in [0.3, 0.4) is 0 Å². The lowest BCUT2D eigenvalue weighted by atomic mass is 10.2. The van der Waals surface area contributed by atoms with E-state index >= 15 is 0 Å². The molecule has 0 saturated heterocycles. The van der Waals surface area contributed by atoms with Gasteiger partial charge in [0, 0.05) is 24.3 Å². The summed E-state index contributed by atoms with van der Waals surface area (Å²) in [5.74, 6) is -0.164. The summed E-state index contributed by atoms with van der Waals surface area (Å²) in [5, 5.41) is 0. The maximum absolute atomic E-state index is 12.0. The predicted octanol–water partition coefficient (Wildman–Crippen LogP) is 3.14. The monoisotopic (exact) mass is 276 g/mol. The van der Waals surface area contributed by atoms with E-state index in [9.17, 15) is 4.79 Å². The second-order valence-electron chi connectivity index (χ2n) is 5.17. The van der Waals surface area contributed by atoms with E-state index in [0.717, 1.165) is 31.6 Å². The van der Waals surface area contributed by atoms with Crippen molar-refractivity contribution < 1.29 is 9.63 Å². The largest absolute Gasteiger partial charge is 0.372 e. The quantitative estimate of drug-likeness (QED) is 0.812. The molecule has 0 aromatic heterocycles. The van der Waals surface area contributed by atoms with Gasteiger partial charge in [-0.05, 0) is 51.0 Å². The summed E-state index contributed by atoms with van der Waals surface area (Å²) in [4.78, 5) is 19.6. The Hall–Kier alpha value is -1.55. The highest BCUT2D eigenvalue weighted by atomic mass is 16.7. The summed E-state index contributed by atoms with van der Waals surface area (Å²) < 4.78 is 0. The first kappa shape index (κ1) is 14.9. The molecule has 0 aliphatic heterocycles. The second-order valence-corrected chi connectivity index (χ2v) is 5.17. The Bertz CT molecular complexity index is 421. The summed E-state index contributed by atoms with van der Waals surface area (Å²) in [7, 11) is 0. The predicted molar refractivity (Wildman–Crippen MR) is 80.8 cm³/mol. The molecule has 110 valence electrons. The fourth-order valence-electron chi connectivity index (χ4n) is 2.61. The topological polar surface area (TPSA) is 41.6 Å². The van der Waals surface area contributed by atoms with Crippen LogP contribution in [0.25, 0.3) is 0 Å². The zero-order valence-corrected chi connectivity index (χ0v) is 12.4. The average molecular weight is 276 g/mol. The van der Waals surface area contributed by atoms with Gasteiger partial charge in [0.2, 0.25) is 0 Å². The SMILES string of the molecule is CCN(CC)c1ccc(C(=O)NOC2CCCC2)cc1. The Kier molecular flexibility index (Phi) is 5.41.